The Balaban J connectivity index is 2.19. The normalized spacial score (nSPS) is 25.8. The van der Waals surface area contributed by atoms with Gasteiger partial charge in [-0.3, -0.25) is 0 Å². The molecular formula is C10H14O3. The van der Waals surface area contributed by atoms with Crippen LogP contribution in [0.3, 0.4) is 0 Å². The SMILES string of the molecule is O=C(O)C1=C(O)CCC2(CCC2)C1. The van der Waals surface area contributed by atoms with Gasteiger partial charge in [-0.15, -0.1) is 0 Å². The number of rotatable bonds is 1. The van der Waals surface area contributed by atoms with Gasteiger partial charge in [0.25, 0.3) is 0 Å². The van der Waals surface area contributed by atoms with E-state index in [2.05, 4.69) is 0 Å². The van der Waals surface area contributed by atoms with Crippen LogP contribution in [-0.4, -0.2) is 16.2 Å². The van der Waals surface area contributed by atoms with Crippen LogP contribution in [0.25, 0.3) is 0 Å². The van der Waals surface area contributed by atoms with Gasteiger partial charge < -0.3 is 10.2 Å². The largest absolute Gasteiger partial charge is 0.512 e. The quantitative estimate of drug-likeness (QED) is 0.653. The second-order valence-electron chi connectivity index (χ2n) is 4.26. The zero-order valence-corrected chi connectivity index (χ0v) is 7.55. The number of carbonyl (C=O) groups is 1. The topological polar surface area (TPSA) is 57.5 Å². The minimum Gasteiger partial charge on any atom is -0.512 e. The van der Waals surface area contributed by atoms with Crippen molar-refractivity contribution in [3.05, 3.63) is 11.3 Å². The molecule has 0 unspecified atom stereocenters. The molecule has 0 atom stereocenters. The molecule has 0 radical (unpaired) electrons. The number of carboxylic acids is 1. The lowest BCUT2D eigenvalue weighted by Crippen LogP contribution is -2.34. The zero-order chi connectivity index (χ0) is 9.47. The number of aliphatic hydroxyl groups excluding tert-OH is 1. The summed E-state index contributed by atoms with van der Waals surface area (Å²) in [5.41, 5.74) is 0.492. The maximum atomic E-state index is 10.8. The second-order valence-corrected chi connectivity index (χ2v) is 4.26. The summed E-state index contributed by atoms with van der Waals surface area (Å²) in [6, 6.07) is 0. The van der Waals surface area contributed by atoms with Crippen LogP contribution in [0.2, 0.25) is 0 Å². The van der Waals surface area contributed by atoms with Gasteiger partial charge in [0.2, 0.25) is 0 Å². The van der Waals surface area contributed by atoms with E-state index in [-0.39, 0.29) is 16.7 Å². The molecule has 2 aliphatic carbocycles. The fourth-order valence-corrected chi connectivity index (χ4v) is 2.40. The van der Waals surface area contributed by atoms with Crippen molar-refractivity contribution in [1.29, 1.82) is 0 Å². The van der Waals surface area contributed by atoms with E-state index >= 15 is 0 Å². The molecule has 0 saturated heterocycles. The molecule has 3 heteroatoms. The molecule has 2 N–H and O–H groups in total. The summed E-state index contributed by atoms with van der Waals surface area (Å²) < 4.78 is 0. The molecule has 1 fully saturated rings. The summed E-state index contributed by atoms with van der Waals surface area (Å²) in [5.74, 6) is -0.839. The summed E-state index contributed by atoms with van der Waals surface area (Å²) in [4.78, 5) is 10.8. The average molecular weight is 182 g/mol. The number of aliphatic carboxylic acids is 1. The highest BCUT2D eigenvalue weighted by molar-refractivity contribution is 5.87. The fraction of sp³-hybridized carbons (Fsp3) is 0.700. The predicted octanol–water partition coefficient (Wildman–Crippen LogP) is 2.24. The van der Waals surface area contributed by atoms with Crippen LogP contribution < -0.4 is 0 Å². The van der Waals surface area contributed by atoms with Crippen LogP contribution in [0.15, 0.2) is 11.3 Å². The monoisotopic (exact) mass is 182 g/mol. The first-order valence-corrected chi connectivity index (χ1v) is 4.77. The summed E-state index contributed by atoms with van der Waals surface area (Å²) in [6.45, 7) is 0. The average Bonchev–Trinajstić information content (AvgIpc) is 2.02. The number of aliphatic hydroxyl groups is 1. The molecule has 72 valence electrons. The number of allylic oxidation sites excluding steroid dienone is 1. The van der Waals surface area contributed by atoms with Crippen molar-refractivity contribution in [1.82, 2.24) is 0 Å². The standard InChI is InChI=1S/C10H14O3/c11-8-2-5-10(3-1-4-10)6-7(8)9(12)13/h11H,1-6H2,(H,12,13). The summed E-state index contributed by atoms with van der Waals surface area (Å²) in [5, 5.41) is 18.2. The maximum Gasteiger partial charge on any atom is 0.334 e. The van der Waals surface area contributed by atoms with Crippen LogP contribution in [0.5, 0.6) is 0 Å². The van der Waals surface area contributed by atoms with Crippen molar-refractivity contribution in [3.63, 3.8) is 0 Å². The van der Waals surface area contributed by atoms with Gasteiger partial charge in [-0.25, -0.2) is 4.79 Å². The number of hydrogen-bond acceptors (Lipinski definition) is 2. The van der Waals surface area contributed by atoms with Crippen LogP contribution in [0.4, 0.5) is 0 Å². The van der Waals surface area contributed by atoms with Crippen molar-refractivity contribution in [2.75, 3.05) is 0 Å². The molecule has 13 heavy (non-hydrogen) atoms. The molecule has 0 aliphatic heterocycles. The van der Waals surface area contributed by atoms with Crippen LogP contribution in [-0.2, 0) is 4.79 Å². The van der Waals surface area contributed by atoms with E-state index in [1.807, 2.05) is 0 Å². The lowest BCUT2D eigenvalue weighted by atomic mass is 9.60. The number of hydrogen-bond donors (Lipinski definition) is 2. The first-order valence-electron chi connectivity index (χ1n) is 4.77. The van der Waals surface area contributed by atoms with Crippen molar-refractivity contribution < 1.29 is 15.0 Å². The van der Waals surface area contributed by atoms with Gasteiger partial charge in [0, 0.05) is 6.42 Å². The van der Waals surface area contributed by atoms with E-state index < -0.39 is 5.97 Å². The highest BCUT2D eigenvalue weighted by atomic mass is 16.4. The second kappa shape index (κ2) is 2.76. The van der Waals surface area contributed by atoms with Crippen molar-refractivity contribution in [3.8, 4) is 0 Å². The first kappa shape index (κ1) is 8.60. The molecule has 1 saturated carbocycles. The lowest BCUT2D eigenvalue weighted by Gasteiger charge is -2.44. The summed E-state index contributed by atoms with van der Waals surface area (Å²) >= 11 is 0. The van der Waals surface area contributed by atoms with Gasteiger partial charge in [-0.1, -0.05) is 6.42 Å². The third-order valence-corrected chi connectivity index (χ3v) is 3.46. The minimum absolute atomic E-state index is 0.102. The Labute approximate surface area is 77.1 Å². The zero-order valence-electron chi connectivity index (χ0n) is 7.55. The van der Waals surface area contributed by atoms with Gasteiger partial charge in [0.05, 0.1) is 5.57 Å². The first-order chi connectivity index (χ1) is 6.13. The molecule has 2 rings (SSSR count). The maximum absolute atomic E-state index is 10.8. The lowest BCUT2D eigenvalue weighted by molar-refractivity contribution is -0.133. The predicted molar refractivity (Wildman–Crippen MR) is 47.4 cm³/mol. The molecule has 2 aliphatic rings. The number of carboxylic acid groups (broad SMARTS) is 1. The molecule has 0 heterocycles. The third kappa shape index (κ3) is 1.32. The fourth-order valence-electron chi connectivity index (χ4n) is 2.40. The third-order valence-electron chi connectivity index (χ3n) is 3.46. The summed E-state index contributed by atoms with van der Waals surface area (Å²) in [7, 11) is 0. The Morgan fingerprint density at radius 3 is 2.46 bits per heavy atom. The van der Waals surface area contributed by atoms with Gasteiger partial charge in [0.15, 0.2) is 0 Å². The van der Waals surface area contributed by atoms with Gasteiger partial charge in [0.1, 0.15) is 5.76 Å². The Hall–Kier alpha value is -0.990. The van der Waals surface area contributed by atoms with Crippen molar-refractivity contribution in [2.45, 2.75) is 38.5 Å². The van der Waals surface area contributed by atoms with Gasteiger partial charge in [-0.05, 0) is 31.1 Å². The Bertz CT molecular complexity index is 274. The summed E-state index contributed by atoms with van der Waals surface area (Å²) in [6.07, 6.45) is 5.59. The van der Waals surface area contributed by atoms with Crippen LogP contribution in [0.1, 0.15) is 38.5 Å². The highest BCUT2D eigenvalue weighted by Gasteiger charge is 2.42. The van der Waals surface area contributed by atoms with Gasteiger partial charge in [-0.2, -0.15) is 0 Å². The molecule has 0 aromatic heterocycles. The Morgan fingerprint density at radius 2 is 2.00 bits per heavy atom. The molecule has 0 amide bonds. The van der Waals surface area contributed by atoms with E-state index in [0.717, 1.165) is 19.3 Å². The molecule has 0 aromatic rings. The van der Waals surface area contributed by atoms with Crippen molar-refractivity contribution in [2.24, 2.45) is 5.41 Å². The molecular weight excluding hydrogens is 168 g/mol. The molecule has 0 bridgehead atoms. The van der Waals surface area contributed by atoms with Crippen LogP contribution in [0, 0.1) is 5.41 Å². The highest BCUT2D eigenvalue weighted by Crippen LogP contribution is 2.52. The van der Waals surface area contributed by atoms with E-state index in [0.29, 0.717) is 12.8 Å². The van der Waals surface area contributed by atoms with E-state index in [4.69, 9.17) is 5.11 Å². The molecule has 0 aromatic carbocycles. The molecule has 1 spiro atoms. The van der Waals surface area contributed by atoms with Crippen LogP contribution >= 0.6 is 0 Å². The Morgan fingerprint density at radius 1 is 1.31 bits per heavy atom. The smallest absolute Gasteiger partial charge is 0.334 e. The Kier molecular flexibility index (Phi) is 1.82. The van der Waals surface area contributed by atoms with Crippen molar-refractivity contribution >= 4 is 5.97 Å². The van der Waals surface area contributed by atoms with E-state index in [1.165, 1.54) is 6.42 Å². The minimum atomic E-state index is -0.941. The van der Waals surface area contributed by atoms with Gasteiger partial charge >= 0.3 is 5.97 Å². The van der Waals surface area contributed by atoms with E-state index in [1.54, 1.807) is 0 Å². The molecule has 3 nitrogen and oxygen atoms in total. The van der Waals surface area contributed by atoms with E-state index in [9.17, 15) is 9.90 Å².